The van der Waals surface area contributed by atoms with Gasteiger partial charge in [0.25, 0.3) is 0 Å². The molecule has 0 heteroatoms. The van der Waals surface area contributed by atoms with Crippen molar-refractivity contribution in [2.75, 3.05) is 0 Å². The van der Waals surface area contributed by atoms with Crippen molar-refractivity contribution < 1.29 is 0 Å². The topological polar surface area (TPSA) is 0 Å². The summed E-state index contributed by atoms with van der Waals surface area (Å²) < 4.78 is 0. The Kier molecular flexibility index (Phi) is 3.62. The molecular weight excluding hydrogens is 156 g/mol. The standard InChI is InChI=1S/C13H16/c1-4-5-6-11(2)9-13-8-7-12(3)10-13/h3-4,7-8,10H2,1-2H3. The molecule has 0 N–H and O–H groups in total. The molecule has 0 radical (unpaired) electrons. The van der Waals surface area contributed by atoms with Crippen molar-refractivity contribution in [3.8, 4) is 11.8 Å². The van der Waals surface area contributed by atoms with Gasteiger partial charge in [0.1, 0.15) is 0 Å². The molecule has 0 aromatic heterocycles. The molecule has 0 saturated heterocycles. The molecule has 0 heterocycles. The quantitative estimate of drug-likeness (QED) is 0.297. The summed E-state index contributed by atoms with van der Waals surface area (Å²) in [4.78, 5) is 0. The highest BCUT2D eigenvalue weighted by atomic mass is 14.1. The average molecular weight is 172 g/mol. The molecule has 13 heavy (non-hydrogen) atoms. The van der Waals surface area contributed by atoms with E-state index in [-0.39, 0.29) is 0 Å². The van der Waals surface area contributed by atoms with Gasteiger partial charge in [-0.1, -0.05) is 30.9 Å². The van der Waals surface area contributed by atoms with Crippen molar-refractivity contribution >= 4 is 0 Å². The average Bonchev–Trinajstić information content (AvgIpc) is 2.48. The maximum atomic E-state index is 3.97. The molecule has 0 nitrogen and oxygen atoms in total. The third-order valence-corrected chi connectivity index (χ3v) is 2.06. The van der Waals surface area contributed by atoms with Crippen LogP contribution in [0.3, 0.4) is 0 Å². The van der Waals surface area contributed by atoms with Crippen LogP contribution in [-0.2, 0) is 0 Å². The van der Waals surface area contributed by atoms with Crippen LogP contribution in [-0.4, -0.2) is 0 Å². The first kappa shape index (κ1) is 9.90. The summed E-state index contributed by atoms with van der Waals surface area (Å²) >= 11 is 0. The van der Waals surface area contributed by atoms with E-state index in [1.165, 1.54) is 11.1 Å². The van der Waals surface area contributed by atoms with Crippen LogP contribution in [0.25, 0.3) is 0 Å². The fraction of sp³-hybridized carbons (Fsp3) is 0.462. The number of hydrogen-bond donors (Lipinski definition) is 0. The first-order valence-corrected chi connectivity index (χ1v) is 4.83. The summed E-state index contributed by atoms with van der Waals surface area (Å²) in [5.74, 6) is 6.13. The van der Waals surface area contributed by atoms with Gasteiger partial charge in [-0.05, 0) is 31.8 Å². The normalized spacial score (nSPS) is 14.9. The third-order valence-electron chi connectivity index (χ3n) is 2.06. The van der Waals surface area contributed by atoms with Crippen LogP contribution in [0.15, 0.2) is 29.0 Å². The molecule has 1 aliphatic carbocycles. The van der Waals surface area contributed by atoms with Gasteiger partial charge in [0.05, 0.1) is 0 Å². The van der Waals surface area contributed by atoms with Crippen LogP contribution in [0.2, 0.25) is 0 Å². The molecule has 0 atom stereocenters. The van der Waals surface area contributed by atoms with Crippen molar-refractivity contribution in [2.24, 2.45) is 0 Å². The highest BCUT2D eigenvalue weighted by molar-refractivity contribution is 5.30. The van der Waals surface area contributed by atoms with Crippen LogP contribution in [0.5, 0.6) is 0 Å². The second-order valence-electron chi connectivity index (χ2n) is 3.44. The first-order valence-electron chi connectivity index (χ1n) is 4.83. The van der Waals surface area contributed by atoms with Crippen LogP contribution in [0.1, 0.15) is 39.5 Å². The lowest BCUT2D eigenvalue weighted by molar-refractivity contribution is 1.06. The van der Waals surface area contributed by atoms with Gasteiger partial charge >= 0.3 is 0 Å². The Labute approximate surface area is 81.0 Å². The minimum Gasteiger partial charge on any atom is -0.109 e. The molecule has 0 aromatic carbocycles. The van der Waals surface area contributed by atoms with E-state index in [4.69, 9.17) is 0 Å². The lowest BCUT2D eigenvalue weighted by atomic mass is 10.2. The number of rotatable bonds is 0. The van der Waals surface area contributed by atoms with Crippen molar-refractivity contribution in [1.82, 2.24) is 0 Å². The van der Waals surface area contributed by atoms with Crippen LogP contribution in [0, 0.1) is 11.8 Å². The second-order valence-corrected chi connectivity index (χ2v) is 3.44. The Morgan fingerprint density at radius 3 is 2.77 bits per heavy atom. The predicted molar refractivity (Wildman–Crippen MR) is 57.3 cm³/mol. The Balaban J connectivity index is 2.78. The largest absolute Gasteiger partial charge is 0.109 e. The molecule has 68 valence electrons. The molecule has 1 rings (SSSR count). The zero-order chi connectivity index (χ0) is 9.68. The Bertz CT molecular complexity index is 325. The summed E-state index contributed by atoms with van der Waals surface area (Å²) in [6, 6.07) is 0. The fourth-order valence-electron chi connectivity index (χ4n) is 1.43. The Morgan fingerprint density at radius 2 is 2.23 bits per heavy atom. The molecular formula is C13H16. The van der Waals surface area contributed by atoms with Crippen LogP contribution < -0.4 is 0 Å². The van der Waals surface area contributed by atoms with E-state index in [0.29, 0.717) is 0 Å². The lowest BCUT2D eigenvalue weighted by Gasteiger charge is -1.87. The summed E-state index contributed by atoms with van der Waals surface area (Å²) in [6.45, 7) is 8.05. The molecule has 0 aromatic rings. The molecule has 0 unspecified atom stereocenters. The van der Waals surface area contributed by atoms with Gasteiger partial charge in [-0.2, -0.15) is 0 Å². The number of hydrogen-bond acceptors (Lipinski definition) is 0. The zero-order valence-electron chi connectivity index (χ0n) is 8.54. The van der Waals surface area contributed by atoms with Gasteiger partial charge in [0.15, 0.2) is 0 Å². The molecule has 1 fully saturated rings. The van der Waals surface area contributed by atoms with E-state index >= 15 is 0 Å². The summed E-state index contributed by atoms with van der Waals surface area (Å²) in [6.07, 6.45) is 4.22. The summed E-state index contributed by atoms with van der Waals surface area (Å²) in [5, 5.41) is 0. The molecule has 0 bridgehead atoms. The lowest BCUT2D eigenvalue weighted by Crippen LogP contribution is -1.70. The van der Waals surface area contributed by atoms with Gasteiger partial charge in [0, 0.05) is 12.0 Å². The van der Waals surface area contributed by atoms with Crippen molar-refractivity contribution in [2.45, 2.75) is 39.5 Å². The van der Waals surface area contributed by atoms with E-state index < -0.39 is 0 Å². The minimum absolute atomic E-state index is 0.918. The summed E-state index contributed by atoms with van der Waals surface area (Å²) in [7, 11) is 0. The number of allylic oxidation sites excluding steroid dienone is 2. The first-order chi connectivity index (χ1) is 6.22. The van der Waals surface area contributed by atoms with Crippen LogP contribution >= 0.6 is 0 Å². The molecule has 0 amide bonds. The van der Waals surface area contributed by atoms with Gasteiger partial charge in [0.2, 0.25) is 0 Å². The highest BCUT2D eigenvalue weighted by Crippen LogP contribution is 2.27. The van der Waals surface area contributed by atoms with Crippen molar-refractivity contribution in [3.63, 3.8) is 0 Å². The maximum absolute atomic E-state index is 3.97. The Morgan fingerprint density at radius 1 is 1.46 bits per heavy atom. The van der Waals surface area contributed by atoms with Crippen molar-refractivity contribution in [1.29, 1.82) is 0 Å². The molecule has 0 spiro atoms. The minimum atomic E-state index is 0.918. The van der Waals surface area contributed by atoms with Crippen LogP contribution in [0.4, 0.5) is 0 Å². The van der Waals surface area contributed by atoms with E-state index in [9.17, 15) is 0 Å². The Hall–Kier alpha value is -1.18. The van der Waals surface area contributed by atoms with Gasteiger partial charge < -0.3 is 0 Å². The fourth-order valence-corrected chi connectivity index (χ4v) is 1.43. The maximum Gasteiger partial charge on any atom is 0.0406 e. The molecule has 1 aliphatic rings. The smallest absolute Gasteiger partial charge is 0.0406 e. The van der Waals surface area contributed by atoms with E-state index in [0.717, 1.165) is 31.3 Å². The van der Waals surface area contributed by atoms with Crippen molar-refractivity contribution in [3.05, 3.63) is 29.0 Å². The monoisotopic (exact) mass is 172 g/mol. The predicted octanol–water partition coefficient (Wildman–Crippen LogP) is 3.61. The van der Waals surface area contributed by atoms with E-state index in [2.05, 4.69) is 31.1 Å². The van der Waals surface area contributed by atoms with E-state index in [1.807, 2.05) is 6.92 Å². The van der Waals surface area contributed by atoms with Gasteiger partial charge in [-0.15, -0.1) is 5.73 Å². The third kappa shape index (κ3) is 3.36. The molecule has 0 aliphatic heterocycles. The summed E-state index contributed by atoms with van der Waals surface area (Å²) in [5.41, 5.74) is 7.11. The SMILES string of the molecule is C=C1CCC(=C=C(C)C#CCC)C1. The molecule has 1 saturated carbocycles. The van der Waals surface area contributed by atoms with Gasteiger partial charge in [-0.3, -0.25) is 0 Å². The van der Waals surface area contributed by atoms with Gasteiger partial charge in [-0.25, -0.2) is 0 Å². The van der Waals surface area contributed by atoms with E-state index in [1.54, 1.807) is 0 Å². The zero-order valence-corrected chi connectivity index (χ0v) is 8.54. The second kappa shape index (κ2) is 4.75. The highest BCUT2D eigenvalue weighted by Gasteiger charge is 2.08.